The summed E-state index contributed by atoms with van der Waals surface area (Å²) in [5.41, 5.74) is 7.99. The van der Waals surface area contributed by atoms with Gasteiger partial charge in [0, 0.05) is 12.5 Å². The van der Waals surface area contributed by atoms with Crippen molar-refractivity contribution in [1.82, 2.24) is 0 Å². The van der Waals surface area contributed by atoms with Crippen LogP contribution in [0.25, 0.3) is 0 Å². The second kappa shape index (κ2) is 7.96. The molecule has 0 fully saturated rings. The molecule has 2 aromatic carbocycles. The number of carboxylic acid groups (broad SMARTS) is 1. The minimum absolute atomic E-state index is 0.0606. The standard InChI is InChI=1S/C17H18BrNO3/c18-14-10-13(15(19)7-9-17(20)21)6-8-16(14)22-11-12-4-2-1-3-5-12/h1-6,8,10,15H,7,9,11,19H2,(H,20,21). The first-order valence-corrected chi connectivity index (χ1v) is 7.79. The van der Waals surface area contributed by atoms with E-state index in [2.05, 4.69) is 15.9 Å². The van der Waals surface area contributed by atoms with Gasteiger partial charge in [0.05, 0.1) is 4.47 Å². The van der Waals surface area contributed by atoms with Gasteiger partial charge < -0.3 is 15.6 Å². The summed E-state index contributed by atoms with van der Waals surface area (Å²) in [6, 6.07) is 15.2. The van der Waals surface area contributed by atoms with E-state index in [-0.39, 0.29) is 12.5 Å². The largest absolute Gasteiger partial charge is 0.488 e. The van der Waals surface area contributed by atoms with Gasteiger partial charge in [-0.1, -0.05) is 36.4 Å². The lowest BCUT2D eigenvalue weighted by Gasteiger charge is -2.14. The van der Waals surface area contributed by atoms with Crippen molar-refractivity contribution in [3.63, 3.8) is 0 Å². The van der Waals surface area contributed by atoms with E-state index in [0.717, 1.165) is 21.3 Å². The maximum atomic E-state index is 10.6. The maximum absolute atomic E-state index is 10.6. The fourth-order valence-electron chi connectivity index (χ4n) is 2.05. The summed E-state index contributed by atoms with van der Waals surface area (Å²) in [5, 5.41) is 8.70. The molecule has 1 unspecified atom stereocenters. The molecule has 0 amide bonds. The zero-order valence-electron chi connectivity index (χ0n) is 12.0. The monoisotopic (exact) mass is 363 g/mol. The van der Waals surface area contributed by atoms with Crippen molar-refractivity contribution < 1.29 is 14.6 Å². The van der Waals surface area contributed by atoms with Crippen LogP contribution >= 0.6 is 15.9 Å². The molecule has 116 valence electrons. The van der Waals surface area contributed by atoms with Gasteiger partial charge in [-0.15, -0.1) is 0 Å². The zero-order valence-corrected chi connectivity index (χ0v) is 13.6. The van der Waals surface area contributed by atoms with Crippen LogP contribution in [0.4, 0.5) is 0 Å². The highest BCUT2D eigenvalue weighted by atomic mass is 79.9. The molecule has 0 radical (unpaired) electrons. The molecule has 22 heavy (non-hydrogen) atoms. The fourth-order valence-corrected chi connectivity index (χ4v) is 2.56. The Bertz CT molecular complexity index is 631. The Labute approximate surface area is 138 Å². The molecule has 0 bridgehead atoms. The normalized spacial score (nSPS) is 11.9. The third kappa shape index (κ3) is 4.86. The first-order valence-electron chi connectivity index (χ1n) is 7.00. The van der Waals surface area contributed by atoms with Gasteiger partial charge in [0.1, 0.15) is 12.4 Å². The average Bonchev–Trinajstić information content (AvgIpc) is 2.52. The lowest BCUT2D eigenvalue weighted by atomic mass is 10.0. The van der Waals surface area contributed by atoms with Crippen LogP contribution in [0.5, 0.6) is 5.75 Å². The van der Waals surface area contributed by atoms with Crippen LogP contribution in [0.3, 0.4) is 0 Å². The number of hydrogen-bond donors (Lipinski definition) is 2. The highest BCUT2D eigenvalue weighted by Gasteiger charge is 2.11. The third-order valence-electron chi connectivity index (χ3n) is 3.29. The minimum Gasteiger partial charge on any atom is -0.488 e. The van der Waals surface area contributed by atoms with E-state index < -0.39 is 5.97 Å². The Hall–Kier alpha value is -1.85. The quantitative estimate of drug-likeness (QED) is 0.782. The van der Waals surface area contributed by atoms with Gasteiger partial charge in [0.15, 0.2) is 0 Å². The van der Waals surface area contributed by atoms with Gasteiger partial charge in [0.25, 0.3) is 0 Å². The van der Waals surface area contributed by atoms with E-state index in [1.807, 2.05) is 48.5 Å². The van der Waals surface area contributed by atoms with E-state index in [1.54, 1.807) is 0 Å². The van der Waals surface area contributed by atoms with Crippen molar-refractivity contribution in [3.8, 4) is 5.75 Å². The molecule has 0 aliphatic carbocycles. The molecule has 0 saturated carbocycles. The van der Waals surface area contributed by atoms with Crippen LogP contribution in [0.1, 0.15) is 30.0 Å². The van der Waals surface area contributed by atoms with Crippen LogP contribution in [-0.4, -0.2) is 11.1 Å². The number of benzene rings is 2. The highest BCUT2D eigenvalue weighted by molar-refractivity contribution is 9.10. The molecule has 5 heteroatoms. The number of ether oxygens (including phenoxy) is 1. The molecular weight excluding hydrogens is 346 g/mol. The predicted octanol–water partition coefficient (Wildman–Crippen LogP) is 3.89. The van der Waals surface area contributed by atoms with Crippen molar-refractivity contribution in [2.45, 2.75) is 25.5 Å². The van der Waals surface area contributed by atoms with Crippen molar-refractivity contribution >= 4 is 21.9 Å². The Morgan fingerprint density at radius 3 is 2.59 bits per heavy atom. The van der Waals surface area contributed by atoms with Crippen molar-refractivity contribution in [3.05, 3.63) is 64.1 Å². The second-order valence-corrected chi connectivity index (χ2v) is 5.86. The van der Waals surface area contributed by atoms with Crippen LogP contribution in [0.2, 0.25) is 0 Å². The van der Waals surface area contributed by atoms with Gasteiger partial charge in [-0.3, -0.25) is 4.79 Å². The Morgan fingerprint density at radius 2 is 1.95 bits per heavy atom. The number of carbonyl (C=O) groups is 1. The van der Waals surface area contributed by atoms with E-state index >= 15 is 0 Å². The van der Waals surface area contributed by atoms with E-state index in [9.17, 15) is 4.79 Å². The Balaban J connectivity index is 1.98. The van der Waals surface area contributed by atoms with E-state index in [1.165, 1.54) is 0 Å². The smallest absolute Gasteiger partial charge is 0.303 e. The van der Waals surface area contributed by atoms with Crippen molar-refractivity contribution in [2.24, 2.45) is 5.73 Å². The summed E-state index contributed by atoms with van der Waals surface area (Å²) in [6.07, 6.45) is 0.469. The first-order chi connectivity index (χ1) is 10.6. The van der Waals surface area contributed by atoms with Gasteiger partial charge in [0.2, 0.25) is 0 Å². The minimum atomic E-state index is -0.836. The molecule has 2 aromatic rings. The van der Waals surface area contributed by atoms with Crippen LogP contribution < -0.4 is 10.5 Å². The van der Waals surface area contributed by atoms with Gasteiger partial charge in [-0.25, -0.2) is 0 Å². The molecule has 0 aromatic heterocycles. The van der Waals surface area contributed by atoms with E-state index in [0.29, 0.717) is 13.0 Å². The molecule has 0 saturated heterocycles. The van der Waals surface area contributed by atoms with Crippen LogP contribution in [0.15, 0.2) is 53.0 Å². The molecule has 3 N–H and O–H groups in total. The van der Waals surface area contributed by atoms with E-state index in [4.69, 9.17) is 15.6 Å². The molecule has 2 rings (SSSR count). The highest BCUT2D eigenvalue weighted by Crippen LogP contribution is 2.29. The average molecular weight is 364 g/mol. The number of aliphatic carboxylic acids is 1. The lowest BCUT2D eigenvalue weighted by Crippen LogP contribution is -2.12. The molecule has 0 aliphatic rings. The Kier molecular flexibility index (Phi) is 5.98. The molecule has 0 heterocycles. The maximum Gasteiger partial charge on any atom is 0.303 e. The summed E-state index contributed by atoms with van der Waals surface area (Å²) in [7, 11) is 0. The summed E-state index contributed by atoms with van der Waals surface area (Å²) >= 11 is 3.47. The molecular formula is C17H18BrNO3. The van der Waals surface area contributed by atoms with Gasteiger partial charge in [-0.05, 0) is 45.6 Å². The lowest BCUT2D eigenvalue weighted by molar-refractivity contribution is -0.137. The first kappa shape index (κ1) is 16.5. The van der Waals surface area contributed by atoms with Gasteiger partial charge >= 0.3 is 5.97 Å². The SMILES string of the molecule is NC(CCC(=O)O)c1ccc(OCc2ccccc2)c(Br)c1. The van der Waals surface area contributed by atoms with Crippen molar-refractivity contribution in [2.75, 3.05) is 0 Å². The third-order valence-corrected chi connectivity index (χ3v) is 3.91. The van der Waals surface area contributed by atoms with Crippen molar-refractivity contribution in [1.29, 1.82) is 0 Å². The molecule has 4 nitrogen and oxygen atoms in total. The van der Waals surface area contributed by atoms with Gasteiger partial charge in [-0.2, -0.15) is 0 Å². The number of carboxylic acids is 1. The topological polar surface area (TPSA) is 72.6 Å². The predicted molar refractivity (Wildman–Crippen MR) is 88.7 cm³/mol. The number of hydrogen-bond acceptors (Lipinski definition) is 3. The molecule has 0 aliphatic heterocycles. The van der Waals surface area contributed by atoms with Crippen LogP contribution in [-0.2, 0) is 11.4 Å². The summed E-state index contributed by atoms with van der Waals surface area (Å²) in [6.45, 7) is 0.490. The Morgan fingerprint density at radius 1 is 1.23 bits per heavy atom. The summed E-state index contributed by atoms with van der Waals surface area (Å²) in [4.78, 5) is 10.6. The second-order valence-electron chi connectivity index (χ2n) is 5.00. The number of nitrogens with two attached hydrogens (primary N) is 1. The zero-order chi connectivity index (χ0) is 15.9. The number of rotatable bonds is 7. The molecule has 0 spiro atoms. The fraction of sp³-hybridized carbons (Fsp3) is 0.235. The summed E-state index contributed by atoms with van der Waals surface area (Å²) < 4.78 is 6.59. The molecule has 1 atom stereocenters. The van der Waals surface area contributed by atoms with Crippen LogP contribution in [0, 0.1) is 0 Å². The summed E-state index contributed by atoms with van der Waals surface area (Å²) in [5.74, 6) is -0.102. The number of halogens is 1.